The number of carboxylic acids is 2. The van der Waals surface area contributed by atoms with E-state index >= 15 is 0 Å². The summed E-state index contributed by atoms with van der Waals surface area (Å²) in [5, 5.41) is 34.8. The summed E-state index contributed by atoms with van der Waals surface area (Å²) in [7, 11) is 0. The van der Waals surface area contributed by atoms with E-state index in [1.165, 1.54) is 29.9 Å². The summed E-state index contributed by atoms with van der Waals surface area (Å²) >= 11 is 7.88. The monoisotopic (exact) mass is 551 g/mol. The lowest BCUT2D eigenvalue weighted by Gasteiger charge is -2.03. The third-order valence-electron chi connectivity index (χ3n) is 4.80. The molecule has 0 saturated carbocycles. The van der Waals surface area contributed by atoms with Crippen LogP contribution >= 0.6 is 22.9 Å². The summed E-state index contributed by atoms with van der Waals surface area (Å²) in [5.74, 6) is -3.47. The minimum atomic E-state index is -5.08. The van der Waals surface area contributed by atoms with Crippen molar-refractivity contribution in [3.8, 4) is 22.0 Å². The van der Waals surface area contributed by atoms with Crippen molar-refractivity contribution < 1.29 is 37.4 Å². The van der Waals surface area contributed by atoms with E-state index in [1.807, 2.05) is 12.1 Å². The SMILES string of the molecule is O=C(O)C(F)(F)F.O=C(O)c1cc(-c2ncco2)cc(-c2nnc(Cc3ccc4[nH]ncc4c3Cl)s2)c1. The van der Waals surface area contributed by atoms with E-state index in [0.29, 0.717) is 33.5 Å². The number of aliphatic carboxylic acids is 1. The van der Waals surface area contributed by atoms with E-state index in [4.69, 9.17) is 25.9 Å². The van der Waals surface area contributed by atoms with Crippen LogP contribution in [0.5, 0.6) is 0 Å². The van der Waals surface area contributed by atoms with Crippen molar-refractivity contribution in [2.45, 2.75) is 12.6 Å². The Morgan fingerprint density at radius 2 is 1.84 bits per heavy atom. The van der Waals surface area contributed by atoms with Crippen molar-refractivity contribution in [3.05, 3.63) is 70.1 Å². The maximum absolute atomic E-state index is 11.6. The minimum Gasteiger partial charge on any atom is -0.478 e. The van der Waals surface area contributed by atoms with Crippen molar-refractivity contribution >= 4 is 45.8 Å². The number of carbonyl (C=O) groups is 2. The Bertz CT molecular complexity index is 1580. The summed E-state index contributed by atoms with van der Waals surface area (Å²) in [6.07, 6.45) is 0.0509. The van der Waals surface area contributed by atoms with Gasteiger partial charge in [-0.2, -0.15) is 18.3 Å². The summed E-state index contributed by atoms with van der Waals surface area (Å²) in [5.41, 5.74) is 3.08. The van der Waals surface area contributed by atoms with Crippen LogP contribution in [0.25, 0.3) is 32.9 Å². The van der Waals surface area contributed by atoms with Crippen molar-refractivity contribution in [3.63, 3.8) is 0 Å². The Morgan fingerprint density at radius 3 is 2.49 bits per heavy atom. The largest absolute Gasteiger partial charge is 0.490 e. The number of nitrogens with one attached hydrogen (secondary N) is 1. The highest BCUT2D eigenvalue weighted by molar-refractivity contribution is 7.14. The van der Waals surface area contributed by atoms with Crippen molar-refractivity contribution in [1.82, 2.24) is 25.4 Å². The van der Waals surface area contributed by atoms with Gasteiger partial charge in [-0.3, -0.25) is 5.10 Å². The molecule has 0 aliphatic carbocycles. The van der Waals surface area contributed by atoms with Crippen LogP contribution in [0.15, 0.2) is 53.4 Å². The molecule has 0 spiro atoms. The van der Waals surface area contributed by atoms with Gasteiger partial charge in [-0.15, -0.1) is 10.2 Å². The number of benzene rings is 2. The molecule has 5 aromatic rings. The highest BCUT2D eigenvalue weighted by Gasteiger charge is 2.38. The molecule has 0 bridgehead atoms. The first-order valence-electron chi connectivity index (χ1n) is 10.0. The number of oxazole rings is 1. The number of halogens is 4. The van der Waals surface area contributed by atoms with E-state index in [1.54, 1.807) is 18.3 Å². The zero-order chi connectivity index (χ0) is 26.7. The Hall–Kier alpha value is -4.30. The molecule has 10 nitrogen and oxygen atoms in total. The number of hydrogen-bond donors (Lipinski definition) is 3. The smallest absolute Gasteiger partial charge is 0.478 e. The van der Waals surface area contributed by atoms with Crippen LogP contribution < -0.4 is 0 Å². The standard InChI is InChI=1S/C20H12ClN5O3S.C2HF3O2/c21-17-10(1-2-15-14(17)9-23-24-15)8-16-25-26-19(30-16)12-5-11(18-22-3-4-29-18)6-13(7-12)20(27)28;3-2(4,5)1(6)7/h1-7,9H,8H2,(H,23,24)(H,27,28);(H,6,7). The van der Waals surface area contributed by atoms with E-state index in [2.05, 4.69) is 25.4 Å². The summed E-state index contributed by atoms with van der Waals surface area (Å²) in [6, 6.07) is 8.70. The van der Waals surface area contributed by atoms with Gasteiger partial charge >= 0.3 is 18.1 Å². The predicted octanol–water partition coefficient (Wildman–Crippen LogP) is 5.31. The number of carboxylic acid groups (broad SMARTS) is 2. The number of alkyl halides is 3. The quantitative estimate of drug-likeness (QED) is 0.263. The second kappa shape index (κ2) is 10.4. The van der Waals surface area contributed by atoms with Gasteiger partial charge in [0.25, 0.3) is 0 Å². The molecule has 0 amide bonds. The second-order valence-corrected chi connectivity index (χ2v) is 8.73. The number of H-pyrrole nitrogens is 1. The topological polar surface area (TPSA) is 155 Å². The van der Waals surface area contributed by atoms with Gasteiger partial charge in [0.05, 0.1) is 28.5 Å². The third kappa shape index (κ3) is 5.92. The van der Waals surface area contributed by atoms with Gasteiger partial charge in [-0.05, 0) is 29.8 Å². The first kappa shape index (κ1) is 25.8. The number of hydrogen-bond acceptors (Lipinski definition) is 8. The van der Waals surface area contributed by atoms with E-state index < -0.39 is 18.1 Å². The minimum absolute atomic E-state index is 0.117. The van der Waals surface area contributed by atoms with Crippen LogP contribution in [0.4, 0.5) is 13.2 Å². The zero-order valence-corrected chi connectivity index (χ0v) is 19.7. The predicted molar refractivity (Wildman–Crippen MR) is 125 cm³/mol. The molecule has 3 heterocycles. The fourth-order valence-corrected chi connectivity index (χ4v) is 4.26. The molecule has 190 valence electrons. The number of nitrogens with zero attached hydrogens (tertiary/aromatic N) is 4. The Kier molecular flexibility index (Phi) is 7.22. The lowest BCUT2D eigenvalue weighted by molar-refractivity contribution is -0.192. The van der Waals surface area contributed by atoms with Crippen LogP contribution in [-0.2, 0) is 11.2 Å². The lowest BCUT2D eigenvalue weighted by atomic mass is 10.1. The fourth-order valence-electron chi connectivity index (χ4n) is 3.13. The molecule has 0 atom stereocenters. The molecule has 0 unspecified atom stereocenters. The maximum Gasteiger partial charge on any atom is 0.490 e. The number of aromatic amines is 1. The zero-order valence-electron chi connectivity index (χ0n) is 18.2. The molecule has 0 aliphatic rings. The first-order valence-corrected chi connectivity index (χ1v) is 11.2. The Balaban J connectivity index is 0.000000405. The molecule has 2 aromatic carbocycles. The highest BCUT2D eigenvalue weighted by atomic mass is 35.5. The fraction of sp³-hybridized carbons (Fsp3) is 0.0909. The van der Waals surface area contributed by atoms with Crippen LogP contribution in [0, 0.1) is 0 Å². The normalized spacial score (nSPS) is 11.2. The Morgan fingerprint density at radius 1 is 1.11 bits per heavy atom. The van der Waals surface area contributed by atoms with Gasteiger partial charge in [0.1, 0.15) is 16.3 Å². The lowest BCUT2D eigenvalue weighted by Crippen LogP contribution is -2.21. The molecule has 0 aliphatic heterocycles. The van der Waals surface area contributed by atoms with Gasteiger partial charge < -0.3 is 14.6 Å². The van der Waals surface area contributed by atoms with Gasteiger partial charge in [0.15, 0.2) is 0 Å². The highest BCUT2D eigenvalue weighted by Crippen LogP contribution is 2.32. The molecular weight excluding hydrogens is 539 g/mol. The summed E-state index contributed by atoms with van der Waals surface area (Å²) < 4.78 is 37.0. The number of aromatic nitrogens is 5. The average molecular weight is 552 g/mol. The van der Waals surface area contributed by atoms with Crippen molar-refractivity contribution in [2.24, 2.45) is 0 Å². The van der Waals surface area contributed by atoms with Gasteiger partial charge in [0, 0.05) is 22.9 Å². The first-order chi connectivity index (χ1) is 17.5. The van der Waals surface area contributed by atoms with Crippen molar-refractivity contribution in [1.29, 1.82) is 0 Å². The van der Waals surface area contributed by atoms with Crippen LogP contribution in [0.2, 0.25) is 5.02 Å². The molecule has 0 radical (unpaired) electrons. The van der Waals surface area contributed by atoms with Crippen molar-refractivity contribution in [2.75, 3.05) is 0 Å². The third-order valence-corrected chi connectivity index (χ3v) is 6.21. The van der Waals surface area contributed by atoms with Gasteiger partial charge in [0.2, 0.25) is 5.89 Å². The molecule has 3 N–H and O–H groups in total. The van der Waals surface area contributed by atoms with E-state index in [-0.39, 0.29) is 5.56 Å². The maximum atomic E-state index is 11.6. The summed E-state index contributed by atoms with van der Waals surface area (Å²) in [4.78, 5) is 24.6. The number of aromatic carboxylic acids is 1. The summed E-state index contributed by atoms with van der Waals surface area (Å²) in [6.45, 7) is 0. The molecule has 5 rings (SSSR count). The molecule has 15 heteroatoms. The Labute approximate surface area is 213 Å². The van der Waals surface area contributed by atoms with Gasteiger partial charge in [-0.25, -0.2) is 14.6 Å². The molecule has 3 aromatic heterocycles. The van der Waals surface area contributed by atoms with E-state index in [0.717, 1.165) is 21.5 Å². The van der Waals surface area contributed by atoms with E-state index in [9.17, 15) is 23.1 Å². The second-order valence-electron chi connectivity index (χ2n) is 7.29. The molecular formula is C22H13ClF3N5O5S. The van der Waals surface area contributed by atoms with Crippen LogP contribution in [-0.4, -0.2) is 53.7 Å². The van der Waals surface area contributed by atoms with Crippen LogP contribution in [0.1, 0.15) is 20.9 Å². The molecule has 37 heavy (non-hydrogen) atoms. The molecule has 0 saturated heterocycles. The van der Waals surface area contributed by atoms with Gasteiger partial charge in [-0.1, -0.05) is 29.0 Å². The van der Waals surface area contributed by atoms with Crippen LogP contribution in [0.3, 0.4) is 0 Å². The number of fused-ring (bicyclic) bond motifs is 1. The molecule has 0 fully saturated rings. The average Bonchev–Trinajstić information content (AvgIpc) is 3.62. The number of rotatable bonds is 5.